The lowest BCUT2D eigenvalue weighted by molar-refractivity contribution is 0.367. The largest absolute Gasteiger partial charge is 0.278 e. The lowest BCUT2D eigenvalue weighted by Gasteiger charge is -1.99. The maximum Gasteiger partial charge on any atom is 0.139 e. The maximum atomic E-state index is 13.1. The van der Waals surface area contributed by atoms with Crippen LogP contribution in [0.5, 0.6) is 0 Å². The molecule has 1 atom stereocenters. The second-order valence-corrected chi connectivity index (χ2v) is 3.74. The molecule has 0 amide bonds. The summed E-state index contributed by atoms with van der Waals surface area (Å²) in [5.41, 5.74) is 1.32. The fourth-order valence-electron chi connectivity index (χ4n) is 1.34. The number of nitrogens with one attached hydrogen (secondary N) is 1. The van der Waals surface area contributed by atoms with Crippen molar-refractivity contribution in [1.29, 1.82) is 0 Å². The van der Waals surface area contributed by atoms with E-state index in [1.54, 1.807) is 0 Å². The Hall–Kier alpha value is -0.900. The molecule has 2 nitrogen and oxygen atoms in total. The summed E-state index contributed by atoms with van der Waals surface area (Å²) in [6.07, 6.45) is -1.02. The van der Waals surface area contributed by atoms with E-state index >= 15 is 0 Å². The van der Waals surface area contributed by atoms with Crippen LogP contribution in [0.4, 0.5) is 4.39 Å². The van der Waals surface area contributed by atoms with Gasteiger partial charge in [-0.1, -0.05) is 22.0 Å². The molecule has 0 spiro atoms. The Morgan fingerprint density at radius 3 is 3.00 bits per heavy atom. The molecular weight excluding hydrogens is 235 g/mol. The smallest absolute Gasteiger partial charge is 0.139 e. The van der Waals surface area contributed by atoms with Gasteiger partial charge in [0.05, 0.1) is 11.2 Å². The lowest BCUT2D eigenvalue weighted by atomic mass is 10.2. The minimum Gasteiger partial charge on any atom is -0.278 e. The van der Waals surface area contributed by atoms with E-state index in [4.69, 9.17) is 0 Å². The van der Waals surface area contributed by atoms with Gasteiger partial charge in [0.25, 0.3) is 0 Å². The third-order valence-corrected chi connectivity index (χ3v) is 2.62. The van der Waals surface area contributed by atoms with Crippen LogP contribution in [0, 0.1) is 0 Å². The van der Waals surface area contributed by atoms with Gasteiger partial charge in [0.1, 0.15) is 6.17 Å². The molecule has 1 aromatic carbocycles. The topological polar surface area (TPSA) is 28.7 Å². The normalized spacial score (nSPS) is 13.5. The molecule has 13 heavy (non-hydrogen) atoms. The number of aromatic nitrogens is 2. The van der Waals surface area contributed by atoms with Crippen LogP contribution in [0.3, 0.4) is 0 Å². The van der Waals surface area contributed by atoms with Crippen LogP contribution in [-0.4, -0.2) is 10.2 Å². The number of fused-ring (bicyclic) bond motifs is 1. The number of nitrogens with zero attached hydrogens (tertiary/aromatic N) is 1. The standard InChI is InChI=1S/C9H8BrFN2/c1-5(11)9-8-6(10)3-2-4-7(8)12-13-9/h2-5H,1H3,(H,12,13). The predicted octanol–water partition coefficient (Wildman–Crippen LogP) is 3.36. The summed E-state index contributed by atoms with van der Waals surface area (Å²) in [5, 5.41) is 7.54. The third-order valence-electron chi connectivity index (χ3n) is 1.96. The van der Waals surface area contributed by atoms with Gasteiger partial charge in [-0.2, -0.15) is 5.10 Å². The number of H-pyrrole nitrogens is 1. The van der Waals surface area contributed by atoms with Crippen molar-refractivity contribution in [3.8, 4) is 0 Å². The van der Waals surface area contributed by atoms with E-state index < -0.39 is 6.17 Å². The number of benzene rings is 1. The molecule has 0 fully saturated rings. The van der Waals surface area contributed by atoms with E-state index in [1.165, 1.54) is 6.92 Å². The Balaban J connectivity index is 2.79. The SMILES string of the molecule is CC(F)c1[nH]nc2cccc(Br)c12. The fourth-order valence-corrected chi connectivity index (χ4v) is 1.91. The highest BCUT2D eigenvalue weighted by atomic mass is 79.9. The van der Waals surface area contributed by atoms with Crippen LogP contribution < -0.4 is 0 Å². The summed E-state index contributed by atoms with van der Waals surface area (Å²) in [6.45, 7) is 1.49. The molecule has 1 unspecified atom stereocenters. The first-order chi connectivity index (χ1) is 6.20. The lowest BCUT2D eigenvalue weighted by Crippen LogP contribution is -1.86. The summed E-state index contributed by atoms with van der Waals surface area (Å²) in [4.78, 5) is 0. The number of rotatable bonds is 1. The van der Waals surface area contributed by atoms with Crippen molar-refractivity contribution in [3.63, 3.8) is 0 Å². The van der Waals surface area contributed by atoms with Gasteiger partial charge in [-0.05, 0) is 19.1 Å². The van der Waals surface area contributed by atoms with Gasteiger partial charge in [-0.3, -0.25) is 5.10 Å². The minimum atomic E-state index is -1.02. The number of hydrogen-bond donors (Lipinski definition) is 1. The second kappa shape index (κ2) is 3.10. The Labute approximate surface area is 83.3 Å². The van der Waals surface area contributed by atoms with E-state index in [9.17, 15) is 4.39 Å². The zero-order valence-electron chi connectivity index (χ0n) is 7.01. The molecule has 2 rings (SSSR count). The number of hydrogen-bond acceptors (Lipinski definition) is 1. The van der Waals surface area contributed by atoms with Gasteiger partial charge in [-0.25, -0.2) is 4.39 Å². The summed E-state index contributed by atoms with van der Waals surface area (Å²) < 4.78 is 14.0. The first-order valence-corrected chi connectivity index (χ1v) is 4.76. The van der Waals surface area contributed by atoms with Gasteiger partial charge < -0.3 is 0 Å². The molecule has 0 aliphatic heterocycles. The Bertz CT molecular complexity index is 436. The number of halogens is 2. The van der Waals surface area contributed by atoms with Crippen LogP contribution in [0.2, 0.25) is 0 Å². The van der Waals surface area contributed by atoms with Gasteiger partial charge in [-0.15, -0.1) is 0 Å². The first kappa shape index (κ1) is 8.69. The van der Waals surface area contributed by atoms with Crippen LogP contribution in [0.1, 0.15) is 18.8 Å². The molecule has 2 aromatic rings. The van der Waals surface area contributed by atoms with E-state index in [1.807, 2.05) is 18.2 Å². The number of aromatic amines is 1. The predicted molar refractivity (Wildman–Crippen MR) is 53.3 cm³/mol. The molecule has 1 heterocycles. The molecule has 1 aromatic heterocycles. The molecular formula is C9H8BrFN2. The Kier molecular flexibility index (Phi) is 2.07. The molecule has 0 saturated carbocycles. The summed E-state index contributed by atoms with van der Waals surface area (Å²) >= 11 is 3.37. The van der Waals surface area contributed by atoms with Crippen molar-refractivity contribution in [2.75, 3.05) is 0 Å². The molecule has 4 heteroatoms. The minimum absolute atomic E-state index is 0.530. The van der Waals surface area contributed by atoms with Crippen LogP contribution in [0.25, 0.3) is 10.9 Å². The zero-order chi connectivity index (χ0) is 9.42. The molecule has 0 aliphatic rings. The van der Waals surface area contributed by atoms with Crippen LogP contribution >= 0.6 is 15.9 Å². The van der Waals surface area contributed by atoms with Crippen molar-refractivity contribution < 1.29 is 4.39 Å². The van der Waals surface area contributed by atoms with Crippen molar-refractivity contribution >= 4 is 26.8 Å². The van der Waals surface area contributed by atoms with E-state index in [0.717, 1.165) is 15.4 Å². The van der Waals surface area contributed by atoms with Gasteiger partial charge in [0, 0.05) is 9.86 Å². The third kappa shape index (κ3) is 1.35. The average molecular weight is 243 g/mol. The molecule has 0 radical (unpaired) electrons. The monoisotopic (exact) mass is 242 g/mol. The second-order valence-electron chi connectivity index (χ2n) is 2.89. The highest BCUT2D eigenvalue weighted by Gasteiger charge is 2.13. The number of alkyl halides is 1. The Morgan fingerprint density at radius 2 is 2.31 bits per heavy atom. The quantitative estimate of drug-likeness (QED) is 0.817. The molecule has 0 saturated heterocycles. The maximum absolute atomic E-state index is 13.1. The van der Waals surface area contributed by atoms with E-state index in [-0.39, 0.29) is 0 Å². The summed E-state index contributed by atoms with van der Waals surface area (Å²) in [7, 11) is 0. The first-order valence-electron chi connectivity index (χ1n) is 3.96. The average Bonchev–Trinajstić information content (AvgIpc) is 2.49. The summed E-state index contributed by atoms with van der Waals surface area (Å²) in [6, 6.07) is 5.60. The highest BCUT2D eigenvalue weighted by molar-refractivity contribution is 9.10. The van der Waals surface area contributed by atoms with Crippen LogP contribution in [0.15, 0.2) is 22.7 Å². The molecule has 0 bridgehead atoms. The highest BCUT2D eigenvalue weighted by Crippen LogP contribution is 2.29. The van der Waals surface area contributed by atoms with E-state index in [0.29, 0.717) is 5.69 Å². The fraction of sp³-hybridized carbons (Fsp3) is 0.222. The van der Waals surface area contributed by atoms with Gasteiger partial charge >= 0.3 is 0 Å². The zero-order valence-corrected chi connectivity index (χ0v) is 8.60. The molecule has 68 valence electrons. The van der Waals surface area contributed by atoms with Crippen molar-refractivity contribution in [1.82, 2.24) is 10.2 Å². The van der Waals surface area contributed by atoms with Crippen molar-refractivity contribution in [3.05, 3.63) is 28.4 Å². The van der Waals surface area contributed by atoms with E-state index in [2.05, 4.69) is 26.1 Å². The van der Waals surface area contributed by atoms with Crippen molar-refractivity contribution in [2.45, 2.75) is 13.1 Å². The van der Waals surface area contributed by atoms with Gasteiger partial charge in [0.15, 0.2) is 0 Å². The molecule has 0 aliphatic carbocycles. The molecule has 1 N–H and O–H groups in total. The van der Waals surface area contributed by atoms with Gasteiger partial charge in [0.2, 0.25) is 0 Å². The Morgan fingerprint density at radius 1 is 1.54 bits per heavy atom. The summed E-state index contributed by atoms with van der Waals surface area (Å²) in [5.74, 6) is 0. The van der Waals surface area contributed by atoms with Crippen LogP contribution in [-0.2, 0) is 0 Å². The van der Waals surface area contributed by atoms with Crippen molar-refractivity contribution in [2.24, 2.45) is 0 Å².